The van der Waals surface area contributed by atoms with Gasteiger partial charge in [0.05, 0.1) is 12.2 Å². The summed E-state index contributed by atoms with van der Waals surface area (Å²) in [5, 5.41) is 0. The van der Waals surface area contributed by atoms with E-state index < -0.39 is 0 Å². The average molecular weight is 241 g/mol. The highest BCUT2D eigenvalue weighted by atomic mass is 16.5. The van der Waals surface area contributed by atoms with Crippen LogP contribution in [0.25, 0.3) is 0 Å². The Labute approximate surface area is 105 Å². The van der Waals surface area contributed by atoms with Crippen LogP contribution in [0.5, 0.6) is 0 Å². The van der Waals surface area contributed by atoms with Crippen LogP contribution in [0.2, 0.25) is 0 Å². The Morgan fingerprint density at radius 3 is 2.12 bits per heavy atom. The molecule has 2 saturated heterocycles. The molecule has 2 atom stereocenters. The first kappa shape index (κ1) is 13.3. The van der Waals surface area contributed by atoms with Crippen LogP contribution in [0.3, 0.4) is 0 Å². The molecular weight excluding hydrogens is 214 g/mol. The van der Waals surface area contributed by atoms with Crippen LogP contribution < -0.4 is 5.73 Å². The van der Waals surface area contributed by atoms with E-state index in [1.54, 1.807) is 0 Å². The Morgan fingerprint density at radius 2 is 1.53 bits per heavy atom. The van der Waals surface area contributed by atoms with Crippen molar-refractivity contribution in [3.05, 3.63) is 0 Å². The lowest BCUT2D eigenvalue weighted by Crippen LogP contribution is -2.49. The summed E-state index contributed by atoms with van der Waals surface area (Å²) in [4.78, 5) is 5.08. The number of nitrogens with two attached hydrogens (primary N) is 1. The summed E-state index contributed by atoms with van der Waals surface area (Å²) in [6.45, 7) is 11.2. The summed E-state index contributed by atoms with van der Waals surface area (Å²) < 4.78 is 5.75. The van der Waals surface area contributed by atoms with Gasteiger partial charge < -0.3 is 15.4 Å². The van der Waals surface area contributed by atoms with Crippen molar-refractivity contribution in [2.24, 2.45) is 5.73 Å². The van der Waals surface area contributed by atoms with E-state index in [4.69, 9.17) is 10.5 Å². The maximum atomic E-state index is 5.92. The van der Waals surface area contributed by atoms with E-state index >= 15 is 0 Å². The topological polar surface area (TPSA) is 41.7 Å². The first-order valence-corrected chi connectivity index (χ1v) is 6.99. The standard InChI is InChI=1S/C13H27N3O/c1-11-9-16(10-12(2)17-11)8-7-15-5-3-13(14)4-6-15/h11-13H,3-10,14H2,1-2H3. The highest BCUT2D eigenvalue weighted by Gasteiger charge is 2.23. The van der Waals surface area contributed by atoms with Gasteiger partial charge in [0.2, 0.25) is 0 Å². The monoisotopic (exact) mass is 241 g/mol. The molecule has 2 aliphatic rings. The minimum Gasteiger partial charge on any atom is -0.373 e. The van der Waals surface area contributed by atoms with Crippen LogP contribution in [-0.4, -0.2) is 67.3 Å². The molecule has 0 aromatic carbocycles. The van der Waals surface area contributed by atoms with Crippen LogP contribution in [-0.2, 0) is 4.74 Å². The number of nitrogens with zero attached hydrogens (tertiary/aromatic N) is 2. The molecule has 0 aromatic heterocycles. The molecule has 0 radical (unpaired) electrons. The second-order valence-electron chi connectivity index (χ2n) is 5.70. The van der Waals surface area contributed by atoms with Gasteiger partial charge in [0.25, 0.3) is 0 Å². The second-order valence-corrected chi connectivity index (χ2v) is 5.70. The molecule has 0 saturated carbocycles. The fourth-order valence-electron chi connectivity index (χ4n) is 2.93. The third-order valence-corrected chi connectivity index (χ3v) is 3.86. The number of hydrogen-bond acceptors (Lipinski definition) is 4. The predicted octanol–water partition coefficient (Wildman–Crippen LogP) is 0.519. The summed E-state index contributed by atoms with van der Waals surface area (Å²) in [5.74, 6) is 0. The third kappa shape index (κ3) is 4.21. The van der Waals surface area contributed by atoms with Crippen molar-refractivity contribution in [2.45, 2.75) is 44.9 Å². The molecule has 0 spiro atoms. The Morgan fingerprint density at radius 1 is 1.00 bits per heavy atom. The van der Waals surface area contributed by atoms with E-state index in [-0.39, 0.29) is 0 Å². The summed E-state index contributed by atoms with van der Waals surface area (Å²) in [5.41, 5.74) is 5.92. The Hall–Kier alpha value is -0.160. The van der Waals surface area contributed by atoms with Crippen LogP contribution in [0.15, 0.2) is 0 Å². The van der Waals surface area contributed by atoms with Crippen molar-refractivity contribution in [3.8, 4) is 0 Å². The molecule has 2 aliphatic heterocycles. The van der Waals surface area contributed by atoms with Gasteiger partial charge >= 0.3 is 0 Å². The van der Waals surface area contributed by atoms with E-state index in [0.717, 1.165) is 25.9 Å². The molecule has 0 amide bonds. The van der Waals surface area contributed by atoms with Gasteiger partial charge in [0.15, 0.2) is 0 Å². The first-order valence-electron chi connectivity index (χ1n) is 6.99. The smallest absolute Gasteiger partial charge is 0.0678 e. The zero-order valence-corrected chi connectivity index (χ0v) is 11.3. The number of rotatable bonds is 3. The molecule has 0 aliphatic carbocycles. The number of hydrogen-bond donors (Lipinski definition) is 1. The summed E-state index contributed by atoms with van der Waals surface area (Å²) in [6.07, 6.45) is 3.09. The van der Waals surface area contributed by atoms with Crippen LogP contribution >= 0.6 is 0 Å². The fourth-order valence-corrected chi connectivity index (χ4v) is 2.93. The van der Waals surface area contributed by atoms with Gasteiger partial charge in [-0.15, -0.1) is 0 Å². The number of ether oxygens (including phenoxy) is 1. The highest BCUT2D eigenvalue weighted by Crippen LogP contribution is 2.12. The summed E-state index contributed by atoms with van der Waals surface area (Å²) >= 11 is 0. The lowest BCUT2D eigenvalue weighted by atomic mass is 10.1. The Kier molecular flexibility index (Phi) is 4.79. The van der Waals surface area contributed by atoms with Gasteiger partial charge in [-0.25, -0.2) is 0 Å². The van der Waals surface area contributed by atoms with Crippen LogP contribution in [0.4, 0.5) is 0 Å². The fraction of sp³-hybridized carbons (Fsp3) is 1.00. The highest BCUT2D eigenvalue weighted by molar-refractivity contribution is 4.77. The molecule has 2 N–H and O–H groups in total. The number of piperidine rings is 1. The maximum absolute atomic E-state index is 5.92. The van der Waals surface area contributed by atoms with E-state index in [2.05, 4.69) is 23.6 Å². The van der Waals surface area contributed by atoms with Crippen molar-refractivity contribution in [2.75, 3.05) is 39.3 Å². The zero-order valence-electron chi connectivity index (χ0n) is 11.3. The van der Waals surface area contributed by atoms with Crippen molar-refractivity contribution in [1.29, 1.82) is 0 Å². The minimum atomic E-state index is 0.383. The third-order valence-electron chi connectivity index (χ3n) is 3.86. The summed E-state index contributed by atoms with van der Waals surface area (Å²) in [7, 11) is 0. The second kappa shape index (κ2) is 6.14. The molecule has 2 fully saturated rings. The molecule has 4 heteroatoms. The largest absolute Gasteiger partial charge is 0.373 e. The van der Waals surface area contributed by atoms with E-state index in [9.17, 15) is 0 Å². The van der Waals surface area contributed by atoms with Gasteiger partial charge in [0, 0.05) is 32.2 Å². The lowest BCUT2D eigenvalue weighted by Gasteiger charge is -2.37. The quantitative estimate of drug-likeness (QED) is 0.782. The molecule has 0 aromatic rings. The normalized spacial score (nSPS) is 34.1. The number of morpholine rings is 1. The molecule has 17 heavy (non-hydrogen) atoms. The van der Waals surface area contributed by atoms with Crippen molar-refractivity contribution in [3.63, 3.8) is 0 Å². The molecule has 100 valence electrons. The van der Waals surface area contributed by atoms with Gasteiger partial charge in [-0.05, 0) is 39.8 Å². The Bertz CT molecular complexity index is 219. The number of likely N-dealkylation sites (tertiary alicyclic amines) is 1. The van der Waals surface area contributed by atoms with Crippen LogP contribution in [0.1, 0.15) is 26.7 Å². The molecule has 2 unspecified atom stereocenters. The lowest BCUT2D eigenvalue weighted by molar-refractivity contribution is -0.0696. The molecular formula is C13H27N3O. The molecule has 0 bridgehead atoms. The van der Waals surface area contributed by atoms with Crippen molar-refractivity contribution >= 4 is 0 Å². The summed E-state index contributed by atoms with van der Waals surface area (Å²) in [6, 6.07) is 0.440. The van der Waals surface area contributed by atoms with Gasteiger partial charge in [0.1, 0.15) is 0 Å². The zero-order chi connectivity index (χ0) is 12.3. The van der Waals surface area contributed by atoms with Gasteiger partial charge in [-0.2, -0.15) is 0 Å². The first-order chi connectivity index (χ1) is 8.13. The predicted molar refractivity (Wildman–Crippen MR) is 70.1 cm³/mol. The van der Waals surface area contributed by atoms with Gasteiger partial charge in [-0.1, -0.05) is 0 Å². The van der Waals surface area contributed by atoms with Gasteiger partial charge in [-0.3, -0.25) is 4.90 Å². The Balaban J connectivity index is 1.67. The van der Waals surface area contributed by atoms with Crippen molar-refractivity contribution < 1.29 is 4.74 Å². The van der Waals surface area contributed by atoms with E-state index in [0.29, 0.717) is 18.2 Å². The molecule has 4 nitrogen and oxygen atoms in total. The molecule has 2 rings (SSSR count). The SMILES string of the molecule is CC1CN(CCN2CCC(N)CC2)CC(C)O1. The molecule has 2 heterocycles. The average Bonchev–Trinajstić information content (AvgIpc) is 2.27. The minimum absolute atomic E-state index is 0.383. The maximum Gasteiger partial charge on any atom is 0.0678 e. The van der Waals surface area contributed by atoms with Crippen LogP contribution in [0, 0.1) is 0 Å². The van der Waals surface area contributed by atoms with E-state index in [1.165, 1.54) is 26.2 Å². The van der Waals surface area contributed by atoms with Crippen molar-refractivity contribution in [1.82, 2.24) is 9.80 Å². The van der Waals surface area contributed by atoms with E-state index in [1.807, 2.05) is 0 Å².